The van der Waals surface area contributed by atoms with Crippen molar-refractivity contribution in [1.29, 1.82) is 0 Å². The molecule has 0 saturated carbocycles. The van der Waals surface area contributed by atoms with Crippen LogP contribution < -0.4 is 4.90 Å². The average Bonchev–Trinajstić information content (AvgIpc) is 3.38. The maximum atomic E-state index is 12.8. The highest BCUT2D eigenvalue weighted by atomic mass is 32.1. The summed E-state index contributed by atoms with van der Waals surface area (Å²) in [6.07, 6.45) is -0.576. The Labute approximate surface area is 174 Å². The molecule has 0 unspecified atom stereocenters. The largest absolute Gasteiger partial charge is 0.393 e. The van der Waals surface area contributed by atoms with Gasteiger partial charge in [-0.15, -0.1) is 11.3 Å². The van der Waals surface area contributed by atoms with Gasteiger partial charge in [-0.2, -0.15) is 13.2 Å². The zero-order valence-corrected chi connectivity index (χ0v) is 17.2. The van der Waals surface area contributed by atoms with Crippen LogP contribution in [0.3, 0.4) is 0 Å². The van der Waals surface area contributed by atoms with Gasteiger partial charge in [0.1, 0.15) is 17.0 Å². The van der Waals surface area contributed by atoms with E-state index in [1.54, 1.807) is 6.07 Å². The fourth-order valence-electron chi connectivity index (χ4n) is 4.55. The van der Waals surface area contributed by atoms with Gasteiger partial charge in [0.05, 0.1) is 11.8 Å². The van der Waals surface area contributed by atoms with Crippen molar-refractivity contribution in [3.63, 3.8) is 0 Å². The predicted molar refractivity (Wildman–Crippen MR) is 108 cm³/mol. The van der Waals surface area contributed by atoms with Gasteiger partial charge < -0.3 is 4.90 Å². The van der Waals surface area contributed by atoms with E-state index in [0.29, 0.717) is 21.5 Å². The number of alkyl halides is 3. The molecule has 5 heterocycles. The number of nitrogens with zero attached hydrogens (tertiary/aromatic N) is 5. The number of halogens is 3. The highest BCUT2D eigenvalue weighted by molar-refractivity contribution is 7.18. The first-order valence-electron chi connectivity index (χ1n) is 9.60. The van der Waals surface area contributed by atoms with Crippen LogP contribution in [-0.4, -0.2) is 51.6 Å². The van der Waals surface area contributed by atoms with Crippen molar-refractivity contribution in [2.75, 3.05) is 31.1 Å². The standard InChI is InChI=1S/C19H20F3N5S2/c20-19(21,22)4-15-3-16-17(23-11-24-18(16)29-15)27-8-13-1-2-26(7-14(13)9-27)6-12-5-25-28-10-12/h3,5,10-11,13-14H,1-2,4,6-9H2/t13-,14+/m1/s1. The Morgan fingerprint density at radius 3 is 2.79 bits per heavy atom. The smallest absolute Gasteiger partial charge is 0.355 e. The molecular formula is C19H20F3N5S2. The summed E-state index contributed by atoms with van der Waals surface area (Å²) in [5.41, 5.74) is 1.26. The number of hydrogen-bond donors (Lipinski definition) is 0. The maximum Gasteiger partial charge on any atom is 0.393 e. The van der Waals surface area contributed by atoms with E-state index >= 15 is 0 Å². The Hall–Kier alpha value is -1.78. The van der Waals surface area contributed by atoms with Crippen molar-refractivity contribution >= 4 is 38.9 Å². The topological polar surface area (TPSA) is 45.2 Å². The van der Waals surface area contributed by atoms with Crippen LogP contribution in [0.25, 0.3) is 10.2 Å². The molecule has 0 amide bonds. The van der Waals surface area contributed by atoms with Crippen LogP contribution >= 0.6 is 22.9 Å². The molecule has 0 radical (unpaired) electrons. The predicted octanol–water partition coefficient (Wildman–Crippen LogP) is 4.21. The van der Waals surface area contributed by atoms with E-state index in [4.69, 9.17) is 0 Å². The molecule has 10 heteroatoms. The van der Waals surface area contributed by atoms with Crippen molar-refractivity contribution in [3.05, 3.63) is 34.4 Å². The number of hydrogen-bond acceptors (Lipinski definition) is 7. The van der Waals surface area contributed by atoms with Gasteiger partial charge in [-0.05, 0) is 48.0 Å². The number of anilines is 1. The second-order valence-electron chi connectivity index (χ2n) is 7.90. The summed E-state index contributed by atoms with van der Waals surface area (Å²) >= 11 is 2.60. The summed E-state index contributed by atoms with van der Waals surface area (Å²) in [6.45, 7) is 4.84. The van der Waals surface area contributed by atoms with E-state index in [2.05, 4.69) is 29.5 Å². The van der Waals surface area contributed by atoms with Gasteiger partial charge in [0.15, 0.2) is 0 Å². The minimum absolute atomic E-state index is 0.293. The van der Waals surface area contributed by atoms with Crippen LogP contribution in [-0.2, 0) is 13.0 Å². The first-order valence-corrected chi connectivity index (χ1v) is 11.3. The molecule has 2 fully saturated rings. The van der Waals surface area contributed by atoms with Gasteiger partial charge in [-0.1, -0.05) is 0 Å². The van der Waals surface area contributed by atoms with Crippen molar-refractivity contribution in [1.82, 2.24) is 19.2 Å². The molecular weight excluding hydrogens is 419 g/mol. The zero-order valence-electron chi connectivity index (χ0n) is 15.6. The molecule has 5 rings (SSSR count). The third-order valence-electron chi connectivity index (χ3n) is 5.81. The van der Waals surface area contributed by atoms with Crippen molar-refractivity contribution in [2.45, 2.75) is 25.6 Å². The molecule has 2 saturated heterocycles. The van der Waals surface area contributed by atoms with Crippen LogP contribution in [0.5, 0.6) is 0 Å². The zero-order chi connectivity index (χ0) is 20.0. The summed E-state index contributed by atoms with van der Waals surface area (Å²) in [6, 6.07) is 1.63. The van der Waals surface area contributed by atoms with Gasteiger partial charge in [-0.3, -0.25) is 4.90 Å². The molecule has 5 nitrogen and oxygen atoms in total. The number of piperidine rings is 1. The number of rotatable bonds is 4. The molecule has 3 aromatic rings. The van der Waals surface area contributed by atoms with E-state index in [1.165, 1.54) is 23.4 Å². The lowest BCUT2D eigenvalue weighted by Crippen LogP contribution is -2.39. The molecule has 2 atom stereocenters. The lowest BCUT2D eigenvalue weighted by molar-refractivity contribution is -0.126. The summed E-state index contributed by atoms with van der Waals surface area (Å²) in [7, 11) is 0. The molecule has 2 aliphatic rings. The van der Waals surface area contributed by atoms with Gasteiger partial charge in [-0.25, -0.2) is 14.3 Å². The van der Waals surface area contributed by atoms with Crippen LogP contribution in [0.4, 0.5) is 19.0 Å². The fraction of sp³-hybridized carbons (Fsp3) is 0.526. The van der Waals surface area contributed by atoms with Crippen LogP contribution in [0.1, 0.15) is 16.9 Å². The molecule has 0 aromatic carbocycles. The fourth-order valence-corrected chi connectivity index (χ4v) is 6.10. The van der Waals surface area contributed by atoms with Crippen LogP contribution in [0, 0.1) is 11.8 Å². The monoisotopic (exact) mass is 439 g/mol. The molecule has 2 aliphatic heterocycles. The minimum Gasteiger partial charge on any atom is -0.355 e. The van der Waals surface area contributed by atoms with E-state index in [-0.39, 0.29) is 0 Å². The Kier molecular flexibility index (Phi) is 4.95. The number of likely N-dealkylation sites (tertiary alicyclic amines) is 1. The Morgan fingerprint density at radius 1 is 1.14 bits per heavy atom. The Balaban J connectivity index is 1.33. The number of aromatic nitrogens is 3. The van der Waals surface area contributed by atoms with Crippen molar-refractivity contribution in [3.8, 4) is 0 Å². The summed E-state index contributed by atoms with van der Waals surface area (Å²) in [4.78, 5) is 14.3. The molecule has 0 spiro atoms. The van der Waals surface area contributed by atoms with E-state index in [1.807, 2.05) is 6.20 Å². The second kappa shape index (κ2) is 7.48. The SMILES string of the molecule is FC(F)(F)Cc1cc2c(N3C[C@H]4CCN(Cc5cnsc5)C[C@H]4C3)ncnc2s1. The summed E-state index contributed by atoms with van der Waals surface area (Å²) in [5.74, 6) is 1.93. The lowest BCUT2D eigenvalue weighted by atomic mass is 9.88. The molecule has 29 heavy (non-hydrogen) atoms. The molecule has 0 bridgehead atoms. The number of fused-ring (bicyclic) bond motifs is 2. The van der Waals surface area contributed by atoms with Crippen LogP contribution in [0.15, 0.2) is 24.0 Å². The minimum atomic E-state index is -4.21. The third-order valence-corrected chi connectivity index (χ3v) is 7.49. The van der Waals surface area contributed by atoms with Crippen LogP contribution in [0.2, 0.25) is 0 Å². The van der Waals surface area contributed by atoms with Gasteiger partial charge in [0, 0.05) is 42.6 Å². The Bertz CT molecular complexity index is 988. The second-order valence-corrected chi connectivity index (χ2v) is 9.67. The highest BCUT2D eigenvalue weighted by Crippen LogP contribution is 2.38. The quantitative estimate of drug-likeness (QED) is 0.609. The summed E-state index contributed by atoms with van der Waals surface area (Å²) < 4.78 is 42.6. The Morgan fingerprint density at radius 2 is 2.00 bits per heavy atom. The maximum absolute atomic E-state index is 12.8. The molecule has 0 N–H and O–H groups in total. The van der Waals surface area contributed by atoms with Gasteiger partial charge in [0.25, 0.3) is 0 Å². The molecule has 0 aliphatic carbocycles. The molecule has 154 valence electrons. The van der Waals surface area contributed by atoms with E-state index in [0.717, 1.165) is 61.7 Å². The molecule has 3 aromatic heterocycles. The first-order chi connectivity index (χ1) is 13.9. The highest BCUT2D eigenvalue weighted by Gasteiger charge is 2.38. The van der Waals surface area contributed by atoms with Crippen molar-refractivity contribution in [2.24, 2.45) is 11.8 Å². The van der Waals surface area contributed by atoms with Gasteiger partial charge >= 0.3 is 6.18 Å². The number of thiophene rings is 1. The van der Waals surface area contributed by atoms with E-state index in [9.17, 15) is 13.2 Å². The van der Waals surface area contributed by atoms with Gasteiger partial charge in [0.2, 0.25) is 0 Å². The van der Waals surface area contributed by atoms with E-state index < -0.39 is 12.6 Å². The summed E-state index contributed by atoms with van der Waals surface area (Å²) in [5, 5.41) is 2.84. The average molecular weight is 440 g/mol. The lowest BCUT2D eigenvalue weighted by Gasteiger charge is -2.33. The normalized spacial score (nSPS) is 23.1. The first kappa shape index (κ1) is 19.2. The third kappa shape index (κ3) is 4.10. The van der Waals surface area contributed by atoms with Crippen molar-refractivity contribution < 1.29 is 13.2 Å².